The summed E-state index contributed by atoms with van der Waals surface area (Å²) < 4.78 is 25.0. The van der Waals surface area contributed by atoms with Crippen LogP contribution < -0.4 is 62.3 Å². The summed E-state index contributed by atoms with van der Waals surface area (Å²) in [5.74, 6) is 4.52. The monoisotopic (exact) mass is 1290 g/mol. The molecule has 0 bridgehead atoms. The molecule has 3 fully saturated rings. The third kappa shape index (κ3) is 15.8. The van der Waals surface area contributed by atoms with Crippen molar-refractivity contribution in [2.45, 2.75) is 70.5 Å². The topological polar surface area (TPSA) is 336 Å². The van der Waals surface area contributed by atoms with Crippen molar-refractivity contribution < 1.29 is 33.3 Å². The zero-order valence-corrected chi connectivity index (χ0v) is 53.1. The van der Waals surface area contributed by atoms with E-state index in [1.807, 2.05) is 118 Å². The number of hydrogen-bond acceptors (Lipinski definition) is 20. The summed E-state index contributed by atoms with van der Waals surface area (Å²) in [6, 6.07) is 29.8. The van der Waals surface area contributed by atoms with Gasteiger partial charge in [0.25, 0.3) is 0 Å². The molecule has 5 aromatic heterocycles. The van der Waals surface area contributed by atoms with Gasteiger partial charge in [0.15, 0.2) is 17.3 Å². The predicted molar refractivity (Wildman–Crippen MR) is 353 cm³/mol. The van der Waals surface area contributed by atoms with Gasteiger partial charge in [-0.05, 0) is 136 Å². The molecule has 3 aliphatic heterocycles. The summed E-state index contributed by atoms with van der Waals surface area (Å²) in [6.45, 7) is 6.51. The maximum atomic E-state index is 12.0. The van der Waals surface area contributed by atoms with Crippen LogP contribution in [0.3, 0.4) is 0 Å². The highest BCUT2D eigenvalue weighted by molar-refractivity contribution is 6.35. The number of imidazole rings is 2. The number of para-hydroxylation sites is 3. The van der Waals surface area contributed by atoms with Crippen molar-refractivity contribution >= 4 is 114 Å². The van der Waals surface area contributed by atoms with Crippen LogP contribution in [0.2, 0.25) is 15.7 Å². The molecule has 25 nitrogen and oxygen atoms in total. The number of halogens is 3. The van der Waals surface area contributed by atoms with Crippen LogP contribution in [-0.4, -0.2) is 133 Å². The number of fused-ring (bicyclic) bond motifs is 3. The first-order valence-electron chi connectivity index (χ1n) is 28.9. The fraction of sp³-hybridized carbons (Fsp3) is 0.286. The van der Waals surface area contributed by atoms with E-state index < -0.39 is 0 Å². The molecule has 5 aromatic carbocycles. The van der Waals surface area contributed by atoms with E-state index in [-0.39, 0.29) is 46.4 Å². The molecule has 3 aliphatic rings. The Morgan fingerprint density at radius 1 is 0.571 bits per heavy atom. The first kappa shape index (κ1) is 65.6. The first-order chi connectivity index (χ1) is 43.9. The number of nitrogen functional groups attached to an aromatic ring is 1. The van der Waals surface area contributed by atoms with Gasteiger partial charge in [0.2, 0.25) is 40.0 Å². The van der Waals surface area contributed by atoms with E-state index in [9.17, 15) is 14.4 Å². The van der Waals surface area contributed by atoms with Gasteiger partial charge in [-0.25, -0.2) is 29.9 Å². The molecular weight excluding hydrogens is 1230 g/mol. The third-order valence-corrected chi connectivity index (χ3v) is 15.9. The first-order valence-corrected chi connectivity index (χ1v) is 30.0. The Morgan fingerprint density at radius 3 is 1.59 bits per heavy atom. The number of hydrogen-bond donors (Lipinski definition) is 6. The van der Waals surface area contributed by atoms with Crippen LogP contribution in [0.4, 0.5) is 29.2 Å². The van der Waals surface area contributed by atoms with Crippen molar-refractivity contribution in [2.75, 3.05) is 68.9 Å². The van der Waals surface area contributed by atoms with Gasteiger partial charge in [0.1, 0.15) is 53.1 Å². The minimum absolute atomic E-state index is 0.0463. The lowest BCUT2D eigenvalue weighted by atomic mass is 10.1. The van der Waals surface area contributed by atoms with Gasteiger partial charge in [0, 0.05) is 47.4 Å². The maximum Gasteiger partial charge on any atom is 0.240 e. The number of nitrogens with two attached hydrogens (primary N) is 4. The molecule has 0 saturated carbocycles. The summed E-state index contributed by atoms with van der Waals surface area (Å²) in [5, 5.41) is 9.55. The standard InChI is InChI=1S/C25H27N7O2.C13H13ClN4O.C12H15N3O3.C8H4Cl2N2.C5H10N2O/c1-15-11-17(12-21(34-3)16(15)2)31-13-22(27-14-31)29-25-28-19-8-5-4-7-18(19)24(30-25)32-10-6-9-20(32)23(26)33;14-13-16-9-5-2-1-4-8(9)12(17-13)18-7-3-6-10(18)11(15)19;1-16-9-4-8(15-6-11(13)14-7-15)5-10(17-2)12(9)18-3;9-7-5-3-1-2-4-6(5)11-8(10)12-7;6-5(8)4-2-1-3-7-4/h4-5,7-8,11-14,20H,6,9-10H2,1-3H3,(H2,26,33)(H,28,29,30);1-2,4-5,10H,3,6-7H2,(H2,15,19);4-7H,13H2,1-3H3;1-4H;4,7H,1-3H2,(H2,6,8)/t20-;10-;;;4-/m00..0/s1. The third-order valence-electron chi connectivity index (χ3n) is 15.3. The van der Waals surface area contributed by atoms with Crippen molar-refractivity contribution in [1.29, 1.82) is 0 Å². The van der Waals surface area contributed by atoms with Gasteiger partial charge in [-0.2, -0.15) is 9.97 Å². The zero-order chi connectivity index (χ0) is 64.9. The number of nitrogens with zero attached hydrogens (tertiary/aromatic N) is 12. The number of ether oxygens (including phenoxy) is 4. The average molecular weight is 1300 g/mol. The maximum absolute atomic E-state index is 12.0. The zero-order valence-electron chi connectivity index (χ0n) is 50.8. The fourth-order valence-electron chi connectivity index (χ4n) is 10.7. The van der Waals surface area contributed by atoms with Crippen molar-refractivity contribution in [3.05, 3.63) is 149 Å². The summed E-state index contributed by atoms with van der Waals surface area (Å²) in [6.07, 6.45) is 12.2. The van der Waals surface area contributed by atoms with Crippen LogP contribution in [0.5, 0.6) is 23.0 Å². The number of carbonyl (C=O) groups excluding carboxylic acids is 3. The quantitative estimate of drug-likeness (QED) is 0.0463. The van der Waals surface area contributed by atoms with Crippen LogP contribution in [0.15, 0.2) is 122 Å². The number of aromatic nitrogens is 10. The van der Waals surface area contributed by atoms with E-state index >= 15 is 0 Å². The van der Waals surface area contributed by atoms with Crippen LogP contribution >= 0.6 is 34.8 Å². The Kier molecular flexibility index (Phi) is 21.7. The predicted octanol–water partition coefficient (Wildman–Crippen LogP) is 9.02. The number of anilines is 5. The minimum atomic E-state index is -0.370. The molecule has 474 valence electrons. The Hall–Kier alpha value is -9.82. The van der Waals surface area contributed by atoms with E-state index in [1.165, 1.54) is 0 Å². The van der Waals surface area contributed by atoms with Gasteiger partial charge >= 0.3 is 0 Å². The van der Waals surface area contributed by atoms with Gasteiger partial charge < -0.3 is 71.4 Å². The average Bonchev–Trinajstić information content (AvgIpc) is 1.86. The number of rotatable bonds is 13. The number of amides is 3. The van der Waals surface area contributed by atoms with Crippen molar-refractivity contribution in [2.24, 2.45) is 17.2 Å². The van der Waals surface area contributed by atoms with Crippen LogP contribution in [0.25, 0.3) is 44.1 Å². The lowest BCUT2D eigenvalue weighted by Gasteiger charge is -2.24. The molecule has 13 rings (SSSR count). The lowest BCUT2D eigenvalue weighted by molar-refractivity contribution is -0.120. The molecule has 3 atom stereocenters. The summed E-state index contributed by atoms with van der Waals surface area (Å²) in [4.78, 5) is 72.0. The molecule has 0 aliphatic carbocycles. The van der Waals surface area contributed by atoms with E-state index in [0.717, 1.165) is 119 Å². The molecule has 10 aromatic rings. The lowest BCUT2D eigenvalue weighted by Crippen LogP contribution is -2.40. The van der Waals surface area contributed by atoms with Crippen molar-refractivity contribution in [1.82, 2.24) is 54.3 Å². The second-order valence-electron chi connectivity index (χ2n) is 21.1. The highest BCUT2D eigenvalue weighted by Crippen LogP contribution is 2.40. The number of methoxy groups -OCH3 is 4. The van der Waals surface area contributed by atoms with E-state index in [1.54, 1.807) is 51.9 Å². The highest BCUT2D eigenvalue weighted by atomic mass is 35.5. The normalized spacial score (nSPS) is 15.7. The van der Waals surface area contributed by atoms with Gasteiger partial charge in [-0.1, -0.05) is 48.0 Å². The number of carbonyl (C=O) groups is 3. The second kappa shape index (κ2) is 30.1. The van der Waals surface area contributed by atoms with E-state index in [4.69, 9.17) is 81.7 Å². The molecule has 10 N–H and O–H groups in total. The molecule has 3 amide bonds. The largest absolute Gasteiger partial charge is 0.496 e. The minimum Gasteiger partial charge on any atom is -0.496 e. The molecule has 0 radical (unpaired) electrons. The molecule has 8 heterocycles. The highest BCUT2D eigenvalue weighted by Gasteiger charge is 2.33. The van der Waals surface area contributed by atoms with Crippen molar-refractivity contribution in [3.8, 4) is 34.4 Å². The Morgan fingerprint density at radius 2 is 1.08 bits per heavy atom. The van der Waals surface area contributed by atoms with Crippen molar-refractivity contribution in [3.63, 3.8) is 0 Å². The van der Waals surface area contributed by atoms with E-state index in [2.05, 4.69) is 58.5 Å². The number of aryl methyl sites for hydroxylation is 1. The Balaban J connectivity index is 0.000000146. The Labute approximate surface area is 539 Å². The van der Waals surface area contributed by atoms with Gasteiger partial charge in [-0.3, -0.25) is 14.4 Å². The fourth-order valence-corrected chi connectivity index (χ4v) is 11.3. The number of primary amides is 3. The number of nitrogens with one attached hydrogen (secondary N) is 2. The van der Waals surface area contributed by atoms with Crippen LogP contribution in [0, 0.1) is 13.8 Å². The molecule has 28 heteroatoms. The molecule has 91 heavy (non-hydrogen) atoms. The number of benzene rings is 5. The summed E-state index contributed by atoms with van der Waals surface area (Å²) in [7, 11) is 6.38. The second-order valence-corrected chi connectivity index (χ2v) is 22.1. The molecule has 3 saturated heterocycles. The molecule has 0 spiro atoms. The summed E-state index contributed by atoms with van der Waals surface area (Å²) >= 11 is 17.4. The molecule has 0 unspecified atom stereocenters. The smallest absolute Gasteiger partial charge is 0.240 e. The van der Waals surface area contributed by atoms with Gasteiger partial charge in [0.05, 0.1) is 74.8 Å². The van der Waals surface area contributed by atoms with Crippen LogP contribution in [0.1, 0.15) is 49.7 Å². The summed E-state index contributed by atoms with van der Waals surface area (Å²) in [5.41, 5.74) is 28.0. The Bertz CT molecular complexity index is 4200. The van der Waals surface area contributed by atoms with E-state index in [0.29, 0.717) is 51.6 Å². The SMILES string of the molecule is COc1cc(-n2cnc(N)c2)cc(OC)c1OC.COc1cc(-n2cnc(Nc3nc(N4CCC[C@H]4C(N)=O)c4ccccc4n3)c2)cc(C)c1C.Clc1nc(Cl)c2ccccc2n1.NC(=O)[C@@H]1CCCN1.NC(=O)[C@@H]1CCCN1c1nc(Cl)nc2ccccc12. The molecular formula is C63H69Cl3N18O7. The van der Waals surface area contributed by atoms with Gasteiger partial charge in [-0.15, -0.1) is 0 Å². The van der Waals surface area contributed by atoms with Crippen LogP contribution in [-0.2, 0) is 14.4 Å².